The minimum Gasteiger partial charge on any atom is -0.504 e. The van der Waals surface area contributed by atoms with Gasteiger partial charge in [0.2, 0.25) is 0 Å². The van der Waals surface area contributed by atoms with Crippen LogP contribution in [0.2, 0.25) is 0 Å². The number of halogens is 5. The molecule has 0 spiro atoms. The molecule has 174 valence electrons. The zero-order chi connectivity index (χ0) is 24.1. The predicted octanol–water partition coefficient (Wildman–Crippen LogP) is 5.57. The average Bonchev–Trinajstić information content (AvgIpc) is 2.71. The predicted molar refractivity (Wildman–Crippen MR) is 113 cm³/mol. The number of aryl methyl sites for hydroxylation is 1. The normalized spacial score (nSPS) is 21.9. The Morgan fingerprint density at radius 1 is 1.24 bits per heavy atom. The molecule has 1 aromatic heterocycles. The minimum absolute atomic E-state index is 0.0366. The summed E-state index contributed by atoms with van der Waals surface area (Å²) >= 11 is 0. The Labute approximate surface area is 185 Å². The van der Waals surface area contributed by atoms with Gasteiger partial charge in [0.25, 0.3) is 0 Å². The maximum Gasteiger partial charge on any atom is 0.419 e. The number of aromatic nitrogens is 2. The lowest BCUT2D eigenvalue weighted by atomic mass is 9.72. The number of alkyl halides is 3. The molecule has 3 N–H and O–H groups in total. The number of fused-ring (bicyclic) bond motifs is 2. The highest BCUT2D eigenvalue weighted by Gasteiger charge is 2.62. The number of benzene rings is 2. The van der Waals surface area contributed by atoms with Crippen molar-refractivity contribution in [1.82, 2.24) is 9.97 Å². The van der Waals surface area contributed by atoms with Crippen molar-refractivity contribution in [2.75, 3.05) is 5.32 Å². The van der Waals surface area contributed by atoms with E-state index in [-0.39, 0.29) is 33.3 Å². The molecule has 0 saturated carbocycles. The van der Waals surface area contributed by atoms with E-state index in [4.69, 9.17) is 0 Å². The van der Waals surface area contributed by atoms with Crippen molar-refractivity contribution < 1.29 is 32.2 Å². The molecule has 1 aliphatic rings. The largest absolute Gasteiger partial charge is 0.504 e. The third-order valence-electron chi connectivity index (χ3n) is 5.76. The number of anilines is 1. The second kappa shape index (κ2) is 7.95. The van der Waals surface area contributed by atoms with E-state index in [1.165, 1.54) is 12.3 Å². The second-order valence-electron chi connectivity index (χ2n) is 7.98. The molecule has 4 rings (SSSR count). The number of aliphatic hydroxyl groups is 1. The van der Waals surface area contributed by atoms with E-state index in [0.29, 0.717) is 12.2 Å². The molecule has 10 heteroatoms. The van der Waals surface area contributed by atoms with Crippen molar-refractivity contribution in [2.45, 2.75) is 44.5 Å². The first kappa shape index (κ1) is 22.9. The van der Waals surface area contributed by atoms with E-state index >= 15 is 0 Å². The number of hydrogen-bond donors (Lipinski definition) is 3. The summed E-state index contributed by atoms with van der Waals surface area (Å²) in [6.45, 7) is 3.25. The summed E-state index contributed by atoms with van der Waals surface area (Å²) in [5, 5.41) is 24.2. The van der Waals surface area contributed by atoms with Crippen molar-refractivity contribution in [3.05, 3.63) is 65.1 Å². The molecule has 0 unspecified atom stereocenters. The number of hydrogen-bond acceptors (Lipinski definition) is 5. The van der Waals surface area contributed by atoms with Crippen LogP contribution in [0.1, 0.15) is 42.8 Å². The quantitative estimate of drug-likeness (QED) is 0.441. The maximum atomic E-state index is 14.3. The summed E-state index contributed by atoms with van der Waals surface area (Å²) in [6, 6.07) is 2.09. The summed E-state index contributed by atoms with van der Waals surface area (Å²) in [5.41, 5.74) is -3.61. The Kier molecular flexibility index (Phi) is 5.52. The van der Waals surface area contributed by atoms with Crippen LogP contribution in [0, 0.1) is 18.6 Å². The molecule has 33 heavy (non-hydrogen) atoms. The Hall–Kier alpha value is -3.27. The van der Waals surface area contributed by atoms with Gasteiger partial charge in [0, 0.05) is 35.3 Å². The zero-order valence-electron chi connectivity index (χ0n) is 17.6. The smallest absolute Gasteiger partial charge is 0.419 e. The third-order valence-corrected chi connectivity index (χ3v) is 5.76. The molecule has 0 aliphatic heterocycles. The van der Waals surface area contributed by atoms with Gasteiger partial charge in [0.1, 0.15) is 11.6 Å². The lowest BCUT2D eigenvalue weighted by Gasteiger charge is -2.44. The number of aromatic hydroxyl groups is 1. The van der Waals surface area contributed by atoms with Crippen molar-refractivity contribution >= 4 is 22.2 Å². The molecule has 2 aromatic carbocycles. The first-order valence-corrected chi connectivity index (χ1v) is 10.2. The van der Waals surface area contributed by atoms with Crippen LogP contribution in [-0.4, -0.2) is 32.0 Å². The van der Waals surface area contributed by atoms with Gasteiger partial charge in [0.15, 0.2) is 17.2 Å². The van der Waals surface area contributed by atoms with Crippen LogP contribution in [0.4, 0.5) is 27.6 Å². The van der Waals surface area contributed by atoms with Gasteiger partial charge in [-0.05, 0) is 36.6 Å². The Bertz CT molecular complexity index is 1270. The first-order chi connectivity index (χ1) is 15.5. The molecule has 0 fully saturated rings. The molecule has 2 atom stereocenters. The van der Waals surface area contributed by atoms with Gasteiger partial charge in [-0.1, -0.05) is 19.1 Å². The number of nitrogens with zero attached hydrogens (tertiary/aromatic N) is 2. The fourth-order valence-electron chi connectivity index (χ4n) is 4.25. The van der Waals surface area contributed by atoms with Crippen molar-refractivity contribution in [2.24, 2.45) is 0 Å². The highest BCUT2D eigenvalue weighted by atomic mass is 19.4. The molecule has 0 amide bonds. The molecule has 3 aromatic rings. The Morgan fingerprint density at radius 3 is 2.64 bits per heavy atom. The van der Waals surface area contributed by atoms with Crippen LogP contribution in [0.15, 0.2) is 36.5 Å². The fourth-order valence-corrected chi connectivity index (χ4v) is 4.25. The summed E-state index contributed by atoms with van der Waals surface area (Å²) in [4.78, 5) is 8.13. The van der Waals surface area contributed by atoms with Gasteiger partial charge in [-0.2, -0.15) is 13.2 Å². The highest BCUT2D eigenvalue weighted by Crippen LogP contribution is 2.54. The van der Waals surface area contributed by atoms with Gasteiger partial charge < -0.3 is 15.5 Å². The summed E-state index contributed by atoms with van der Waals surface area (Å²) in [7, 11) is 0. The average molecular weight is 465 g/mol. The van der Waals surface area contributed by atoms with Crippen LogP contribution < -0.4 is 5.32 Å². The lowest BCUT2D eigenvalue weighted by Crippen LogP contribution is -2.54. The van der Waals surface area contributed by atoms with Crippen molar-refractivity contribution in [1.29, 1.82) is 0 Å². The number of rotatable bonds is 3. The van der Waals surface area contributed by atoms with E-state index in [9.17, 15) is 32.2 Å². The molecule has 0 bridgehead atoms. The summed E-state index contributed by atoms with van der Waals surface area (Å²) in [5.74, 6) is -2.25. The fraction of sp³-hybridized carbons (Fsp3) is 0.304. The van der Waals surface area contributed by atoms with Gasteiger partial charge in [-0.3, -0.25) is 0 Å². The van der Waals surface area contributed by atoms with Crippen molar-refractivity contribution in [3.63, 3.8) is 0 Å². The highest BCUT2D eigenvalue weighted by molar-refractivity contribution is 5.91. The van der Waals surface area contributed by atoms with Gasteiger partial charge in [-0.25, -0.2) is 18.7 Å². The molecular weight excluding hydrogens is 445 g/mol. The summed E-state index contributed by atoms with van der Waals surface area (Å²) < 4.78 is 71.2. The summed E-state index contributed by atoms with van der Waals surface area (Å²) in [6.07, 6.45) is -3.02. The molecule has 5 nitrogen and oxygen atoms in total. The molecule has 1 heterocycles. The molecule has 1 aliphatic carbocycles. The molecular formula is C23H20F5N3O2. The Balaban J connectivity index is 1.98. The second-order valence-corrected chi connectivity index (χ2v) is 7.98. The van der Waals surface area contributed by atoms with Crippen molar-refractivity contribution in [3.8, 4) is 5.75 Å². The standard InChI is InChI=1S/C23H20F5N3O2/c1-3-4-12-9-22(33,23(26,27)28)21(14-5-6-16(25)20(32)19(12)14)31-18-8-13(24)7-17-15(18)10-29-11(2)30-17/h4-8,10,21,31-33H,3,9H2,1-2H3/t21-,22-/m0/s1. The minimum atomic E-state index is -5.12. The Morgan fingerprint density at radius 2 is 1.97 bits per heavy atom. The van der Waals surface area contributed by atoms with Crippen LogP contribution in [0.3, 0.4) is 0 Å². The first-order valence-electron chi connectivity index (χ1n) is 10.2. The SMILES string of the molecule is CCC=C1C[C@@](O)(C(F)(F)F)[C@@H](Nc2cc(F)cc3nc(C)ncc23)c2ccc(F)c(O)c21. The number of allylic oxidation sites excluding steroid dienone is 1. The van der Waals surface area contributed by atoms with Crippen LogP contribution in [0.5, 0.6) is 5.75 Å². The van der Waals surface area contributed by atoms with Crippen LogP contribution in [-0.2, 0) is 0 Å². The van der Waals surface area contributed by atoms with Gasteiger partial charge in [0.05, 0.1) is 11.6 Å². The van der Waals surface area contributed by atoms with E-state index in [0.717, 1.165) is 24.3 Å². The maximum absolute atomic E-state index is 14.3. The van der Waals surface area contributed by atoms with E-state index < -0.39 is 41.6 Å². The van der Waals surface area contributed by atoms with E-state index in [1.54, 1.807) is 13.8 Å². The number of phenolic OH excluding ortho intramolecular Hbond substituents is 1. The van der Waals surface area contributed by atoms with Crippen LogP contribution >= 0.6 is 0 Å². The third kappa shape index (κ3) is 3.78. The van der Waals surface area contributed by atoms with Crippen LogP contribution in [0.25, 0.3) is 16.5 Å². The monoisotopic (exact) mass is 465 g/mol. The van der Waals surface area contributed by atoms with Gasteiger partial charge >= 0.3 is 6.18 Å². The number of nitrogens with one attached hydrogen (secondary N) is 1. The zero-order valence-corrected chi connectivity index (χ0v) is 17.6. The molecule has 0 saturated heterocycles. The lowest BCUT2D eigenvalue weighted by molar-refractivity contribution is -0.265. The van der Waals surface area contributed by atoms with E-state index in [2.05, 4.69) is 15.3 Å². The molecule has 0 radical (unpaired) electrons. The number of phenols is 1. The van der Waals surface area contributed by atoms with Gasteiger partial charge in [-0.15, -0.1) is 0 Å². The topological polar surface area (TPSA) is 78.3 Å². The van der Waals surface area contributed by atoms with E-state index in [1.807, 2.05) is 0 Å².